The zero-order chi connectivity index (χ0) is 15.4. The van der Waals surface area contributed by atoms with Crippen LogP contribution in [0.1, 0.15) is 38.5 Å². The van der Waals surface area contributed by atoms with Gasteiger partial charge in [0.2, 0.25) is 11.8 Å². The molecule has 0 unspecified atom stereocenters. The molecule has 0 aromatic heterocycles. The third kappa shape index (κ3) is 4.19. The summed E-state index contributed by atoms with van der Waals surface area (Å²) in [7, 11) is 5.90. The Kier molecular flexibility index (Phi) is 5.62. The molecule has 2 amide bonds. The number of carbonyl (C=O) groups is 2. The highest BCUT2D eigenvalue weighted by Gasteiger charge is 2.35. The molecule has 2 aliphatic rings. The van der Waals surface area contributed by atoms with E-state index in [-0.39, 0.29) is 17.7 Å². The van der Waals surface area contributed by atoms with Crippen molar-refractivity contribution in [2.24, 2.45) is 5.92 Å². The van der Waals surface area contributed by atoms with Crippen LogP contribution in [-0.4, -0.2) is 73.3 Å². The van der Waals surface area contributed by atoms with Crippen LogP contribution in [0, 0.1) is 5.92 Å². The number of hydrogen-bond acceptors (Lipinski definition) is 3. The fraction of sp³-hybridized carbons (Fsp3) is 0.875. The average Bonchev–Trinajstić information content (AvgIpc) is 2.95. The van der Waals surface area contributed by atoms with Gasteiger partial charge in [-0.05, 0) is 33.4 Å². The smallest absolute Gasteiger partial charge is 0.226 e. The van der Waals surface area contributed by atoms with E-state index in [9.17, 15) is 9.59 Å². The Morgan fingerprint density at radius 3 is 2.43 bits per heavy atom. The topological polar surface area (TPSA) is 43.9 Å². The standard InChI is InChI=1S/C16H29N3O2/c1-17(2)10-11-19(14-6-4-5-7-14)16(21)13-8-9-18(3)15(20)12-13/h13-14H,4-12H2,1-3H3/t13-/m0/s1. The maximum absolute atomic E-state index is 12.9. The van der Waals surface area contributed by atoms with Crippen LogP contribution < -0.4 is 0 Å². The number of likely N-dealkylation sites (N-methyl/N-ethyl adjacent to an activating group) is 1. The quantitative estimate of drug-likeness (QED) is 0.765. The molecular weight excluding hydrogens is 266 g/mol. The monoisotopic (exact) mass is 295 g/mol. The van der Waals surface area contributed by atoms with Gasteiger partial charge in [-0.25, -0.2) is 0 Å². The number of rotatable bonds is 5. The summed E-state index contributed by atoms with van der Waals surface area (Å²) in [6.45, 7) is 2.39. The van der Waals surface area contributed by atoms with Crippen LogP contribution >= 0.6 is 0 Å². The van der Waals surface area contributed by atoms with E-state index >= 15 is 0 Å². The Morgan fingerprint density at radius 2 is 1.86 bits per heavy atom. The number of nitrogens with zero attached hydrogens (tertiary/aromatic N) is 3. The number of hydrogen-bond donors (Lipinski definition) is 0. The van der Waals surface area contributed by atoms with Crippen LogP contribution in [0.15, 0.2) is 0 Å². The minimum absolute atomic E-state index is 0.100. The maximum Gasteiger partial charge on any atom is 0.226 e. The molecule has 5 nitrogen and oxygen atoms in total. The first-order valence-corrected chi connectivity index (χ1v) is 8.18. The van der Waals surface area contributed by atoms with Gasteiger partial charge in [0.15, 0.2) is 0 Å². The lowest BCUT2D eigenvalue weighted by Gasteiger charge is -2.36. The summed E-state index contributed by atoms with van der Waals surface area (Å²) in [6.07, 6.45) is 5.90. The molecule has 21 heavy (non-hydrogen) atoms. The lowest BCUT2D eigenvalue weighted by atomic mass is 9.94. The minimum Gasteiger partial charge on any atom is -0.346 e. The first kappa shape index (κ1) is 16.3. The average molecular weight is 295 g/mol. The second-order valence-electron chi connectivity index (χ2n) is 6.78. The van der Waals surface area contributed by atoms with E-state index in [0.29, 0.717) is 19.0 Å². The molecule has 5 heteroatoms. The Bertz CT molecular complexity index is 378. The summed E-state index contributed by atoms with van der Waals surface area (Å²) < 4.78 is 0. The van der Waals surface area contributed by atoms with Gasteiger partial charge >= 0.3 is 0 Å². The first-order valence-electron chi connectivity index (χ1n) is 8.18. The van der Waals surface area contributed by atoms with Crippen molar-refractivity contribution in [2.45, 2.75) is 44.6 Å². The molecule has 0 aromatic rings. The van der Waals surface area contributed by atoms with Gasteiger partial charge in [-0.15, -0.1) is 0 Å². The molecule has 1 aliphatic carbocycles. The summed E-state index contributed by atoms with van der Waals surface area (Å²) >= 11 is 0. The molecular formula is C16H29N3O2. The fourth-order valence-electron chi connectivity index (χ4n) is 3.38. The largest absolute Gasteiger partial charge is 0.346 e. The Balaban J connectivity index is 2.00. The normalized spacial score (nSPS) is 23.9. The lowest BCUT2D eigenvalue weighted by molar-refractivity contribution is -0.146. The van der Waals surface area contributed by atoms with Gasteiger partial charge < -0.3 is 14.7 Å². The van der Waals surface area contributed by atoms with E-state index in [1.807, 2.05) is 21.1 Å². The first-order chi connectivity index (χ1) is 9.99. The lowest BCUT2D eigenvalue weighted by Crippen LogP contribution is -2.48. The van der Waals surface area contributed by atoms with E-state index in [1.165, 1.54) is 12.8 Å². The summed E-state index contributed by atoms with van der Waals surface area (Å²) in [5, 5.41) is 0. The van der Waals surface area contributed by atoms with Crippen LogP contribution in [0.2, 0.25) is 0 Å². The van der Waals surface area contributed by atoms with Gasteiger partial charge in [0.1, 0.15) is 0 Å². The predicted molar refractivity (Wildman–Crippen MR) is 82.9 cm³/mol. The SMILES string of the molecule is CN(C)CCN(C(=O)[C@H]1CCN(C)C(=O)C1)C1CCCC1. The van der Waals surface area contributed by atoms with Crippen molar-refractivity contribution in [3.8, 4) is 0 Å². The number of likely N-dealkylation sites (tertiary alicyclic amines) is 1. The van der Waals surface area contributed by atoms with Gasteiger partial charge in [0.25, 0.3) is 0 Å². The van der Waals surface area contributed by atoms with E-state index in [2.05, 4.69) is 9.80 Å². The van der Waals surface area contributed by atoms with Crippen LogP contribution in [-0.2, 0) is 9.59 Å². The molecule has 0 radical (unpaired) electrons. The van der Waals surface area contributed by atoms with Crippen LogP contribution in [0.3, 0.4) is 0 Å². The van der Waals surface area contributed by atoms with Crippen LogP contribution in [0.5, 0.6) is 0 Å². The summed E-state index contributed by atoms with van der Waals surface area (Å²) in [5.41, 5.74) is 0. The van der Waals surface area contributed by atoms with Crippen molar-refractivity contribution >= 4 is 11.8 Å². The number of piperidine rings is 1. The van der Waals surface area contributed by atoms with Gasteiger partial charge in [-0.3, -0.25) is 9.59 Å². The second-order valence-corrected chi connectivity index (χ2v) is 6.78. The third-order valence-corrected chi connectivity index (χ3v) is 4.85. The van der Waals surface area contributed by atoms with Crippen molar-refractivity contribution in [2.75, 3.05) is 40.8 Å². The molecule has 1 saturated heterocycles. The Labute approximate surface area is 128 Å². The van der Waals surface area contributed by atoms with Gasteiger partial charge in [-0.1, -0.05) is 12.8 Å². The van der Waals surface area contributed by atoms with E-state index in [0.717, 1.165) is 32.4 Å². The third-order valence-electron chi connectivity index (χ3n) is 4.85. The highest BCUT2D eigenvalue weighted by Crippen LogP contribution is 2.27. The van der Waals surface area contributed by atoms with Crippen molar-refractivity contribution in [3.63, 3.8) is 0 Å². The summed E-state index contributed by atoms with van der Waals surface area (Å²) in [4.78, 5) is 30.7. The zero-order valence-corrected chi connectivity index (χ0v) is 13.7. The van der Waals surface area contributed by atoms with E-state index in [4.69, 9.17) is 0 Å². The molecule has 0 spiro atoms. The zero-order valence-electron chi connectivity index (χ0n) is 13.7. The molecule has 1 atom stereocenters. The van der Waals surface area contributed by atoms with Gasteiger partial charge in [0.05, 0.1) is 0 Å². The maximum atomic E-state index is 12.9. The number of amides is 2. The highest BCUT2D eigenvalue weighted by molar-refractivity contribution is 5.87. The summed E-state index contributed by atoms with van der Waals surface area (Å²) in [6, 6.07) is 0.396. The minimum atomic E-state index is -0.100. The van der Waals surface area contributed by atoms with Crippen LogP contribution in [0.25, 0.3) is 0 Å². The van der Waals surface area contributed by atoms with Crippen molar-refractivity contribution in [1.29, 1.82) is 0 Å². The molecule has 2 fully saturated rings. The van der Waals surface area contributed by atoms with E-state index in [1.54, 1.807) is 4.90 Å². The fourth-order valence-corrected chi connectivity index (χ4v) is 3.38. The second kappa shape index (κ2) is 7.25. The Hall–Kier alpha value is -1.10. The van der Waals surface area contributed by atoms with E-state index < -0.39 is 0 Å². The van der Waals surface area contributed by atoms with Crippen molar-refractivity contribution in [1.82, 2.24) is 14.7 Å². The highest BCUT2D eigenvalue weighted by atomic mass is 16.2. The molecule has 0 bridgehead atoms. The Morgan fingerprint density at radius 1 is 1.19 bits per heavy atom. The molecule has 1 aliphatic heterocycles. The molecule has 2 rings (SSSR count). The summed E-state index contributed by atoms with van der Waals surface area (Å²) in [5.74, 6) is 0.222. The molecule has 1 heterocycles. The van der Waals surface area contributed by atoms with Crippen molar-refractivity contribution in [3.05, 3.63) is 0 Å². The molecule has 120 valence electrons. The molecule has 0 aromatic carbocycles. The van der Waals surface area contributed by atoms with Crippen molar-refractivity contribution < 1.29 is 9.59 Å². The molecule has 1 saturated carbocycles. The number of carbonyl (C=O) groups excluding carboxylic acids is 2. The van der Waals surface area contributed by atoms with Gasteiger partial charge in [-0.2, -0.15) is 0 Å². The van der Waals surface area contributed by atoms with Gasteiger partial charge in [0, 0.05) is 45.1 Å². The van der Waals surface area contributed by atoms with Crippen LogP contribution in [0.4, 0.5) is 0 Å². The predicted octanol–water partition coefficient (Wildman–Crippen LogP) is 1.19. The molecule has 0 N–H and O–H groups in total.